The third kappa shape index (κ3) is 3.97. The number of hydrogen-bond donors (Lipinski definition) is 1. The molecule has 1 aromatic carbocycles. The summed E-state index contributed by atoms with van der Waals surface area (Å²) in [5, 5.41) is 3.69. The average Bonchev–Trinajstić information content (AvgIpc) is 2.45. The molecule has 1 saturated heterocycles. The topological polar surface area (TPSA) is 24.5 Å². The number of ether oxygens (including phenoxy) is 1. The first-order chi connectivity index (χ1) is 9.60. The second kappa shape index (κ2) is 7.09. The third-order valence-electron chi connectivity index (χ3n) is 4.28. The van der Waals surface area contributed by atoms with E-state index in [0.717, 1.165) is 12.3 Å². The molecule has 0 bridgehead atoms. The molecule has 0 aliphatic carbocycles. The maximum atomic E-state index is 5.44. The fourth-order valence-electron chi connectivity index (χ4n) is 2.92. The Hall–Kier alpha value is -1.06. The van der Waals surface area contributed by atoms with Crippen molar-refractivity contribution in [3.05, 3.63) is 29.3 Å². The van der Waals surface area contributed by atoms with Crippen molar-refractivity contribution in [2.24, 2.45) is 0 Å². The van der Waals surface area contributed by atoms with Gasteiger partial charge in [-0.2, -0.15) is 0 Å². The fraction of sp³-hybridized carbons (Fsp3) is 0.647. The van der Waals surface area contributed by atoms with Crippen molar-refractivity contribution in [1.29, 1.82) is 0 Å². The summed E-state index contributed by atoms with van der Waals surface area (Å²) < 4.78 is 5.44. The van der Waals surface area contributed by atoms with Gasteiger partial charge in [-0.3, -0.25) is 0 Å². The summed E-state index contributed by atoms with van der Waals surface area (Å²) in [5.74, 6) is 0.989. The summed E-state index contributed by atoms with van der Waals surface area (Å²) in [7, 11) is 1.75. The summed E-state index contributed by atoms with van der Waals surface area (Å²) in [6, 6.07) is 7.69. The highest BCUT2D eigenvalue weighted by Gasteiger charge is 2.20. The van der Waals surface area contributed by atoms with Gasteiger partial charge in [0.25, 0.3) is 0 Å². The Morgan fingerprint density at radius 2 is 2.00 bits per heavy atom. The smallest absolute Gasteiger partial charge is 0.123 e. The lowest BCUT2D eigenvalue weighted by molar-refractivity contribution is 0.160. The van der Waals surface area contributed by atoms with Gasteiger partial charge in [-0.1, -0.05) is 17.7 Å². The van der Waals surface area contributed by atoms with Crippen molar-refractivity contribution in [2.45, 2.75) is 52.2 Å². The van der Waals surface area contributed by atoms with E-state index in [0.29, 0.717) is 12.1 Å². The first-order valence-corrected chi connectivity index (χ1v) is 7.71. The molecule has 0 atom stereocenters. The van der Waals surface area contributed by atoms with E-state index in [-0.39, 0.29) is 0 Å². The number of piperidine rings is 1. The molecule has 112 valence electrons. The van der Waals surface area contributed by atoms with Crippen LogP contribution >= 0.6 is 0 Å². The molecule has 0 saturated carbocycles. The van der Waals surface area contributed by atoms with E-state index < -0.39 is 0 Å². The summed E-state index contributed by atoms with van der Waals surface area (Å²) in [4.78, 5) is 2.56. The SMILES string of the molecule is COc1ccc(C)cc1CNC1CCN(C(C)C)CC1. The van der Waals surface area contributed by atoms with Crippen LogP contribution in [-0.4, -0.2) is 37.2 Å². The first kappa shape index (κ1) is 15.3. The van der Waals surface area contributed by atoms with E-state index in [1.165, 1.54) is 37.1 Å². The van der Waals surface area contributed by atoms with Crippen molar-refractivity contribution < 1.29 is 4.74 Å². The van der Waals surface area contributed by atoms with Crippen molar-refractivity contribution in [3.8, 4) is 5.75 Å². The highest BCUT2D eigenvalue weighted by molar-refractivity contribution is 5.36. The molecule has 0 unspecified atom stereocenters. The summed E-state index contributed by atoms with van der Waals surface area (Å²) in [6.07, 6.45) is 2.48. The lowest BCUT2D eigenvalue weighted by atomic mass is 10.0. The molecule has 0 radical (unpaired) electrons. The highest BCUT2D eigenvalue weighted by atomic mass is 16.5. The largest absolute Gasteiger partial charge is 0.496 e. The van der Waals surface area contributed by atoms with E-state index in [1.54, 1.807) is 7.11 Å². The lowest BCUT2D eigenvalue weighted by Crippen LogP contribution is -2.44. The summed E-state index contributed by atoms with van der Waals surface area (Å²) in [5.41, 5.74) is 2.55. The van der Waals surface area contributed by atoms with Gasteiger partial charge in [-0.15, -0.1) is 0 Å². The van der Waals surface area contributed by atoms with Gasteiger partial charge in [-0.25, -0.2) is 0 Å². The van der Waals surface area contributed by atoms with Crippen LogP contribution in [0.2, 0.25) is 0 Å². The average molecular weight is 276 g/mol. The maximum absolute atomic E-state index is 5.44. The number of nitrogens with zero attached hydrogens (tertiary/aromatic N) is 1. The molecule has 1 aromatic rings. The van der Waals surface area contributed by atoms with Crippen LogP contribution in [0, 0.1) is 6.92 Å². The van der Waals surface area contributed by atoms with Crippen LogP contribution in [0.4, 0.5) is 0 Å². The third-order valence-corrected chi connectivity index (χ3v) is 4.28. The Morgan fingerprint density at radius 3 is 2.60 bits per heavy atom. The first-order valence-electron chi connectivity index (χ1n) is 7.71. The minimum Gasteiger partial charge on any atom is -0.496 e. The van der Waals surface area contributed by atoms with Crippen molar-refractivity contribution in [3.63, 3.8) is 0 Å². The van der Waals surface area contributed by atoms with Gasteiger partial charge < -0.3 is 15.0 Å². The van der Waals surface area contributed by atoms with Gasteiger partial charge in [0.05, 0.1) is 7.11 Å². The summed E-state index contributed by atoms with van der Waals surface area (Å²) in [6.45, 7) is 10.0. The quantitative estimate of drug-likeness (QED) is 0.895. The van der Waals surface area contributed by atoms with Crippen molar-refractivity contribution >= 4 is 0 Å². The number of hydrogen-bond acceptors (Lipinski definition) is 3. The van der Waals surface area contributed by atoms with Gasteiger partial charge in [0, 0.05) is 24.2 Å². The van der Waals surface area contributed by atoms with Crippen molar-refractivity contribution in [2.75, 3.05) is 20.2 Å². The monoisotopic (exact) mass is 276 g/mol. The van der Waals surface area contributed by atoms with Gasteiger partial charge in [0.15, 0.2) is 0 Å². The van der Waals surface area contributed by atoms with E-state index in [1.807, 2.05) is 0 Å². The van der Waals surface area contributed by atoms with Crippen LogP contribution in [0.5, 0.6) is 5.75 Å². The minimum atomic E-state index is 0.634. The van der Waals surface area contributed by atoms with Gasteiger partial charge in [0.1, 0.15) is 5.75 Å². The highest BCUT2D eigenvalue weighted by Crippen LogP contribution is 2.20. The number of benzene rings is 1. The molecular formula is C17H28N2O. The van der Waals surface area contributed by atoms with E-state index in [2.05, 4.69) is 49.2 Å². The van der Waals surface area contributed by atoms with Crippen LogP contribution in [0.3, 0.4) is 0 Å². The molecule has 0 aromatic heterocycles. The Labute approximate surface area is 123 Å². The molecule has 0 amide bonds. The molecule has 3 nitrogen and oxygen atoms in total. The Balaban J connectivity index is 1.86. The van der Waals surface area contributed by atoms with Crippen LogP contribution < -0.4 is 10.1 Å². The number of likely N-dealkylation sites (tertiary alicyclic amines) is 1. The zero-order valence-corrected chi connectivity index (χ0v) is 13.3. The zero-order chi connectivity index (χ0) is 14.5. The predicted molar refractivity (Wildman–Crippen MR) is 84.3 cm³/mol. The number of nitrogens with one attached hydrogen (secondary N) is 1. The molecule has 1 heterocycles. The summed E-state index contributed by atoms with van der Waals surface area (Å²) >= 11 is 0. The van der Waals surface area contributed by atoms with E-state index >= 15 is 0 Å². The van der Waals surface area contributed by atoms with Crippen LogP contribution in [0.25, 0.3) is 0 Å². The Kier molecular flexibility index (Phi) is 5.44. The molecule has 20 heavy (non-hydrogen) atoms. The van der Waals surface area contributed by atoms with E-state index in [4.69, 9.17) is 4.74 Å². The van der Waals surface area contributed by atoms with Gasteiger partial charge in [0.2, 0.25) is 0 Å². The lowest BCUT2D eigenvalue weighted by Gasteiger charge is -2.35. The number of methoxy groups -OCH3 is 1. The van der Waals surface area contributed by atoms with Crippen LogP contribution in [0.1, 0.15) is 37.8 Å². The van der Waals surface area contributed by atoms with Crippen LogP contribution in [-0.2, 0) is 6.54 Å². The molecule has 2 rings (SSSR count). The van der Waals surface area contributed by atoms with E-state index in [9.17, 15) is 0 Å². The molecule has 3 heteroatoms. The minimum absolute atomic E-state index is 0.634. The number of aryl methyl sites for hydroxylation is 1. The normalized spacial score (nSPS) is 17.6. The van der Waals surface area contributed by atoms with Gasteiger partial charge in [-0.05, 0) is 52.8 Å². The second-order valence-electron chi connectivity index (χ2n) is 6.10. The fourth-order valence-corrected chi connectivity index (χ4v) is 2.92. The Morgan fingerprint density at radius 1 is 1.30 bits per heavy atom. The zero-order valence-electron chi connectivity index (χ0n) is 13.3. The van der Waals surface area contributed by atoms with Crippen molar-refractivity contribution in [1.82, 2.24) is 10.2 Å². The molecule has 1 fully saturated rings. The maximum Gasteiger partial charge on any atom is 0.123 e. The molecule has 1 aliphatic heterocycles. The second-order valence-corrected chi connectivity index (χ2v) is 6.10. The predicted octanol–water partition coefficient (Wildman–Crippen LogP) is 2.97. The van der Waals surface area contributed by atoms with Crippen LogP contribution in [0.15, 0.2) is 18.2 Å². The molecule has 1 aliphatic rings. The molecular weight excluding hydrogens is 248 g/mol. The molecule has 1 N–H and O–H groups in total. The standard InChI is InChI=1S/C17H28N2O/c1-13(2)19-9-7-16(8-10-19)18-12-15-11-14(3)5-6-17(15)20-4/h5-6,11,13,16,18H,7-10,12H2,1-4H3. The Bertz CT molecular complexity index is 423. The molecule has 0 spiro atoms. The van der Waals surface area contributed by atoms with Gasteiger partial charge >= 0.3 is 0 Å². The number of rotatable bonds is 5.